The Hall–Kier alpha value is -0.800. The van der Waals surface area contributed by atoms with E-state index in [1.165, 1.54) is 135 Å². The SMILES string of the molecule is CCCCCCCC/C=C\CCCCCCCCOCC(CN1CCCC1C)OCCCOCCCO[C@H]1CCC2(C)C(=CC[C@@H]3[C@]2(N)CC[C@]2(C)[C@@H]([C@H](C)CCCC(C)C)CC[C@@]32N)C1. The summed E-state index contributed by atoms with van der Waals surface area (Å²) in [6.45, 7) is 23.6. The van der Waals surface area contributed by atoms with Gasteiger partial charge in [0.15, 0.2) is 0 Å². The highest BCUT2D eigenvalue weighted by Crippen LogP contribution is 2.69. The zero-order valence-electron chi connectivity index (χ0n) is 44.7. The number of likely N-dealkylation sites (tertiary alicyclic amines) is 1. The molecule has 384 valence electrons. The molecule has 10 atom stereocenters. The topological polar surface area (TPSA) is 92.2 Å². The van der Waals surface area contributed by atoms with Crippen LogP contribution in [0.15, 0.2) is 23.8 Å². The number of ether oxygens (including phenoxy) is 4. The summed E-state index contributed by atoms with van der Waals surface area (Å²) >= 11 is 0. The zero-order chi connectivity index (χ0) is 47.3. The molecule has 0 aromatic rings. The first-order valence-electron chi connectivity index (χ1n) is 28.9. The van der Waals surface area contributed by atoms with Crippen LogP contribution < -0.4 is 11.5 Å². The van der Waals surface area contributed by atoms with Crippen LogP contribution in [0.4, 0.5) is 0 Å². The van der Waals surface area contributed by atoms with Gasteiger partial charge in [0.1, 0.15) is 0 Å². The highest BCUT2D eigenvalue weighted by molar-refractivity contribution is 5.35. The van der Waals surface area contributed by atoms with Gasteiger partial charge < -0.3 is 30.4 Å². The summed E-state index contributed by atoms with van der Waals surface area (Å²) in [5, 5.41) is 0. The van der Waals surface area contributed by atoms with Crippen LogP contribution in [-0.2, 0) is 18.9 Å². The lowest BCUT2D eigenvalue weighted by atomic mass is 9.41. The fourth-order valence-electron chi connectivity index (χ4n) is 14.2. The molecule has 0 spiro atoms. The van der Waals surface area contributed by atoms with Crippen molar-refractivity contribution in [1.82, 2.24) is 4.90 Å². The minimum Gasteiger partial charge on any atom is -0.381 e. The largest absolute Gasteiger partial charge is 0.381 e. The Morgan fingerprint density at radius 1 is 0.712 bits per heavy atom. The normalized spacial score (nSPS) is 32.2. The first kappa shape index (κ1) is 56.1. The average Bonchev–Trinajstić information content (AvgIpc) is 3.83. The van der Waals surface area contributed by atoms with Crippen molar-refractivity contribution in [3.63, 3.8) is 0 Å². The summed E-state index contributed by atoms with van der Waals surface area (Å²) < 4.78 is 25.3. The molecular weight excluding hydrogens is 815 g/mol. The standard InChI is InChI=1S/C59H109N3O4/c1-8-9-10-11-12-13-14-15-16-17-18-19-20-21-22-23-40-64-47-53(46-62-39-25-30-50(62)5)66-44-27-42-63-41-26-43-65-52-33-35-56(6)51(45-52)31-32-55-58(60)36-34-54(49(4)29-24-28-48(2)3)57(58,7)37-38-59(55,56)61/h15-16,31,48-50,52-55H,8-14,17-30,32-47,60-61H2,1-7H3/b16-15-/t49-,50?,52+,53?,54-,55+,56?,57-,58-,59-/m1/s1. The minimum absolute atomic E-state index is 0.0112. The second-order valence-corrected chi connectivity index (χ2v) is 23.8. The second kappa shape index (κ2) is 28.9. The lowest BCUT2D eigenvalue weighted by molar-refractivity contribution is -0.0942. The molecular formula is C59H109N3O4. The van der Waals surface area contributed by atoms with Gasteiger partial charge in [-0.2, -0.15) is 0 Å². The van der Waals surface area contributed by atoms with Crippen molar-refractivity contribution in [2.45, 2.75) is 264 Å². The van der Waals surface area contributed by atoms with Gasteiger partial charge in [-0.3, -0.25) is 4.90 Å². The smallest absolute Gasteiger partial charge is 0.0935 e. The van der Waals surface area contributed by atoms with Gasteiger partial charge in [-0.15, -0.1) is 0 Å². The Bertz CT molecular complexity index is 1390. The summed E-state index contributed by atoms with van der Waals surface area (Å²) in [6.07, 6.45) is 43.9. The third kappa shape index (κ3) is 15.6. The van der Waals surface area contributed by atoms with Gasteiger partial charge in [0.05, 0.1) is 18.8 Å². The number of rotatable bonds is 35. The van der Waals surface area contributed by atoms with Gasteiger partial charge in [0.2, 0.25) is 0 Å². The van der Waals surface area contributed by atoms with Crippen LogP contribution in [0, 0.1) is 34.5 Å². The van der Waals surface area contributed by atoms with Crippen molar-refractivity contribution in [3.8, 4) is 0 Å². The van der Waals surface area contributed by atoms with Crippen LogP contribution in [0.3, 0.4) is 0 Å². The van der Waals surface area contributed by atoms with Crippen molar-refractivity contribution in [1.29, 1.82) is 0 Å². The van der Waals surface area contributed by atoms with E-state index in [2.05, 4.69) is 71.6 Å². The molecule has 4 N–H and O–H groups in total. The van der Waals surface area contributed by atoms with E-state index >= 15 is 0 Å². The number of unbranched alkanes of at least 4 members (excludes halogenated alkanes) is 12. The summed E-state index contributed by atoms with van der Waals surface area (Å²) in [7, 11) is 0. The monoisotopic (exact) mass is 924 g/mol. The summed E-state index contributed by atoms with van der Waals surface area (Å²) in [5.74, 6) is 2.60. The molecule has 0 amide bonds. The Morgan fingerprint density at radius 2 is 1.39 bits per heavy atom. The van der Waals surface area contributed by atoms with Crippen molar-refractivity contribution < 1.29 is 18.9 Å². The molecule has 5 rings (SSSR count). The maximum absolute atomic E-state index is 7.76. The molecule has 1 aliphatic heterocycles. The Kier molecular flexibility index (Phi) is 24.6. The van der Waals surface area contributed by atoms with Crippen LogP contribution >= 0.6 is 0 Å². The molecule has 1 saturated heterocycles. The Morgan fingerprint density at radius 3 is 2.09 bits per heavy atom. The molecule has 1 heterocycles. The van der Waals surface area contributed by atoms with E-state index in [1.54, 1.807) is 5.57 Å². The molecule has 3 unspecified atom stereocenters. The van der Waals surface area contributed by atoms with Crippen molar-refractivity contribution >= 4 is 0 Å². The lowest BCUT2D eigenvalue weighted by Gasteiger charge is -2.67. The molecule has 4 fully saturated rings. The molecule has 4 aliphatic carbocycles. The van der Waals surface area contributed by atoms with Crippen LogP contribution in [0.25, 0.3) is 0 Å². The van der Waals surface area contributed by atoms with Gasteiger partial charge in [-0.05, 0) is 152 Å². The number of hydrogen-bond acceptors (Lipinski definition) is 7. The first-order chi connectivity index (χ1) is 31.9. The van der Waals surface area contributed by atoms with E-state index in [1.807, 2.05) is 0 Å². The molecule has 0 radical (unpaired) electrons. The molecule has 3 saturated carbocycles. The number of nitrogens with zero attached hydrogens (tertiary/aromatic N) is 1. The van der Waals surface area contributed by atoms with Crippen molar-refractivity contribution in [2.24, 2.45) is 46.0 Å². The summed E-state index contributed by atoms with van der Waals surface area (Å²) in [4.78, 5) is 2.60. The predicted molar refractivity (Wildman–Crippen MR) is 280 cm³/mol. The van der Waals surface area contributed by atoms with Gasteiger partial charge in [-0.1, -0.05) is 142 Å². The third-order valence-electron chi connectivity index (χ3n) is 18.7. The minimum atomic E-state index is -0.229. The zero-order valence-corrected chi connectivity index (χ0v) is 44.7. The van der Waals surface area contributed by atoms with Crippen LogP contribution in [-0.4, -0.2) is 87.0 Å². The van der Waals surface area contributed by atoms with Crippen LogP contribution in [0.2, 0.25) is 0 Å². The van der Waals surface area contributed by atoms with Gasteiger partial charge in [0.25, 0.3) is 0 Å². The number of nitrogens with two attached hydrogens (primary N) is 2. The first-order valence-corrected chi connectivity index (χ1v) is 28.9. The predicted octanol–water partition coefficient (Wildman–Crippen LogP) is 14.3. The number of fused-ring (bicyclic) bond motifs is 5. The lowest BCUT2D eigenvalue weighted by Crippen LogP contribution is -2.75. The Balaban J connectivity index is 0.911. The van der Waals surface area contributed by atoms with E-state index in [9.17, 15) is 0 Å². The molecule has 5 aliphatic rings. The van der Waals surface area contributed by atoms with Crippen LogP contribution in [0.5, 0.6) is 0 Å². The van der Waals surface area contributed by atoms with Crippen molar-refractivity contribution in [3.05, 3.63) is 23.8 Å². The Labute approximate surface area is 408 Å². The molecule has 7 nitrogen and oxygen atoms in total. The fourth-order valence-corrected chi connectivity index (χ4v) is 14.2. The summed E-state index contributed by atoms with van der Waals surface area (Å²) in [5.41, 5.74) is 16.8. The number of allylic oxidation sites excluding steroid dienone is 3. The van der Waals surface area contributed by atoms with Gasteiger partial charge in [0, 0.05) is 62.1 Å². The quantitative estimate of drug-likeness (QED) is 0.0483. The molecule has 7 heteroatoms. The molecule has 0 aromatic heterocycles. The van der Waals surface area contributed by atoms with E-state index in [4.69, 9.17) is 30.4 Å². The van der Waals surface area contributed by atoms with E-state index in [-0.39, 0.29) is 34.1 Å². The van der Waals surface area contributed by atoms with Gasteiger partial charge in [-0.25, -0.2) is 0 Å². The van der Waals surface area contributed by atoms with E-state index < -0.39 is 0 Å². The molecule has 0 bridgehead atoms. The molecule has 66 heavy (non-hydrogen) atoms. The molecule has 0 aromatic carbocycles. The van der Waals surface area contributed by atoms with Gasteiger partial charge >= 0.3 is 0 Å². The highest BCUT2D eigenvalue weighted by Gasteiger charge is 2.70. The maximum Gasteiger partial charge on any atom is 0.0935 e. The summed E-state index contributed by atoms with van der Waals surface area (Å²) in [6, 6.07) is 0.644. The fraction of sp³-hybridized carbons (Fsp3) is 0.932. The van der Waals surface area contributed by atoms with Crippen molar-refractivity contribution in [2.75, 3.05) is 52.7 Å². The van der Waals surface area contributed by atoms with E-state index in [0.717, 1.165) is 109 Å². The van der Waals surface area contributed by atoms with E-state index in [0.29, 0.717) is 24.5 Å². The number of hydrogen-bond donors (Lipinski definition) is 2. The highest BCUT2D eigenvalue weighted by atomic mass is 16.5. The maximum atomic E-state index is 7.76. The van der Waals surface area contributed by atoms with Crippen LogP contribution in [0.1, 0.15) is 235 Å². The average molecular weight is 925 g/mol. The second-order valence-electron chi connectivity index (χ2n) is 23.8. The third-order valence-corrected chi connectivity index (χ3v) is 18.7.